The number of primary amides is 1. The van der Waals surface area contributed by atoms with E-state index in [0.29, 0.717) is 0 Å². The summed E-state index contributed by atoms with van der Waals surface area (Å²) in [5.74, 6) is -1.69. The van der Waals surface area contributed by atoms with Crippen molar-refractivity contribution in [1.82, 2.24) is 10.6 Å². The molecule has 0 bridgehead atoms. The Morgan fingerprint density at radius 2 is 1.89 bits per heavy atom. The lowest BCUT2D eigenvalue weighted by Gasteiger charge is -2.34. The maximum Gasteiger partial charge on any atom is 0.329 e. The van der Waals surface area contributed by atoms with Crippen molar-refractivity contribution in [2.45, 2.75) is 31.3 Å². The second-order valence-electron chi connectivity index (χ2n) is 4.22. The predicted molar refractivity (Wildman–Crippen MR) is 60.7 cm³/mol. The number of aliphatic carboxylic acids is 1. The van der Waals surface area contributed by atoms with Crippen LogP contribution in [0.25, 0.3) is 0 Å². The third-order valence-corrected chi connectivity index (χ3v) is 2.87. The summed E-state index contributed by atoms with van der Waals surface area (Å²) in [7, 11) is 0. The molecule has 8 heteroatoms. The SMILES string of the molecule is CC(NC(N)=O)C(=O)NC1(C(=O)O)CCOCC1. The van der Waals surface area contributed by atoms with Gasteiger partial charge in [0.25, 0.3) is 0 Å². The van der Waals surface area contributed by atoms with Gasteiger partial charge in [-0.3, -0.25) is 4.79 Å². The first-order chi connectivity index (χ1) is 8.37. The lowest BCUT2D eigenvalue weighted by Crippen LogP contribution is -2.61. The van der Waals surface area contributed by atoms with E-state index in [0.717, 1.165) is 0 Å². The molecular formula is C10H17N3O5. The number of rotatable bonds is 4. The highest BCUT2D eigenvalue weighted by molar-refractivity contribution is 5.91. The molecule has 0 saturated carbocycles. The fourth-order valence-electron chi connectivity index (χ4n) is 1.74. The number of ether oxygens (including phenoxy) is 1. The summed E-state index contributed by atoms with van der Waals surface area (Å²) >= 11 is 0. The topological polar surface area (TPSA) is 131 Å². The summed E-state index contributed by atoms with van der Waals surface area (Å²) in [4.78, 5) is 33.7. The molecule has 0 aromatic heterocycles. The minimum atomic E-state index is -1.33. The number of carbonyl (C=O) groups excluding carboxylic acids is 2. The van der Waals surface area contributed by atoms with E-state index in [4.69, 9.17) is 10.5 Å². The van der Waals surface area contributed by atoms with E-state index in [1.807, 2.05) is 0 Å². The van der Waals surface area contributed by atoms with Gasteiger partial charge in [-0.05, 0) is 6.92 Å². The van der Waals surface area contributed by atoms with Gasteiger partial charge in [0, 0.05) is 26.1 Å². The second kappa shape index (κ2) is 5.67. The second-order valence-corrected chi connectivity index (χ2v) is 4.22. The zero-order chi connectivity index (χ0) is 13.8. The molecule has 1 atom stereocenters. The summed E-state index contributed by atoms with van der Waals surface area (Å²) < 4.78 is 5.08. The van der Waals surface area contributed by atoms with Gasteiger partial charge < -0.3 is 26.2 Å². The Bertz CT molecular complexity index is 351. The number of nitrogens with two attached hydrogens (primary N) is 1. The number of carboxylic acids is 1. The minimum Gasteiger partial charge on any atom is -0.480 e. The van der Waals surface area contributed by atoms with Crippen molar-refractivity contribution in [3.8, 4) is 0 Å². The Morgan fingerprint density at radius 3 is 2.33 bits per heavy atom. The van der Waals surface area contributed by atoms with Crippen LogP contribution in [0.15, 0.2) is 0 Å². The largest absolute Gasteiger partial charge is 0.480 e. The Hall–Kier alpha value is -1.83. The van der Waals surface area contributed by atoms with Crippen molar-refractivity contribution in [3.63, 3.8) is 0 Å². The molecule has 1 aliphatic rings. The quantitative estimate of drug-likeness (QED) is 0.503. The number of nitrogens with one attached hydrogen (secondary N) is 2. The number of hydrogen-bond donors (Lipinski definition) is 4. The Morgan fingerprint density at radius 1 is 1.33 bits per heavy atom. The molecule has 0 aromatic carbocycles. The van der Waals surface area contributed by atoms with Crippen LogP contribution in [-0.4, -0.2) is 47.8 Å². The minimum absolute atomic E-state index is 0.192. The first-order valence-electron chi connectivity index (χ1n) is 5.56. The van der Waals surface area contributed by atoms with Crippen LogP contribution in [0.4, 0.5) is 4.79 Å². The number of carbonyl (C=O) groups is 3. The van der Waals surface area contributed by atoms with Gasteiger partial charge in [-0.15, -0.1) is 0 Å². The maximum atomic E-state index is 11.8. The van der Waals surface area contributed by atoms with Crippen molar-refractivity contribution in [2.75, 3.05) is 13.2 Å². The molecule has 1 heterocycles. The van der Waals surface area contributed by atoms with Gasteiger partial charge in [-0.1, -0.05) is 0 Å². The van der Waals surface area contributed by atoms with Gasteiger partial charge in [0.05, 0.1) is 0 Å². The third kappa shape index (κ3) is 3.33. The van der Waals surface area contributed by atoms with E-state index in [9.17, 15) is 19.5 Å². The molecule has 1 rings (SSSR count). The van der Waals surface area contributed by atoms with Gasteiger partial charge in [-0.2, -0.15) is 0 Å². The molecular weight excluding hydrogens is 242 g/mol. The summed E-state index contributed by atoms with van der Waals surface area (Å²) in [6, 6.07) is -1.73. The van der Waals surface area contributed by atoms with Crippen molar-refractivity contribution < 1.29 is 24.2 Å². The standard InChI is InChI=1S/C10H17N3O5/c1-6(12-9(11)17)7(14)13-10(8(15)16)2-4-18-5-3-10/h6H,2-5H2,1H3,(H,13,14)(H,15,16)(H3,11,12,17). The molecule has 5 N–H and O–H groups in total. The molecule has 18 heavy (non-hydrogen) atoms. The fourth-order valence-corrected chi connectivity index (χ4v) is 1.74. The summed E-state index contributed by atoms with van der Waals surface area (Å²) in [5.41, 5.74) is 3.56. The van der Waals surface area contributed by atoms with Crippen LogP contribution >= 0.6 is 0 Å². The number of amides is 3. The molecule has 1 unspecified atom stereocenters. The van der Waals surface area contributed by atoms with Gasteiger partial charge >= 0.3 is 12.0 Å². The predicted octanol–water partition coefficient (Wildman–Crippen LogP) is -1.21. The average molecular weight is 259 g/mol. The monoisotopic (exact) mass is 259 g/mol. The number of carboxylic acid groups (broad SMARTS) is 1. The maximum absolute atomic E-state index is 11.8. The molecule has 102 valence electrons. The molecule has 1 aliphatic heterocycles. The molecule has 3 amide bonds. The van der Waals surface area contributed by atoms with Gasteiger partial charge in [-0.25, -0.2) is 9.59 Å². The molecule has 0 aliphatic carbocycles. The van der Waals surface area contributed by atoms with Crippen molar-refractivity contribution in [3.05, 3.63) is 0 Å². The Balaban J connectivity index is 2.69. The summed E-state index contributed by atoms with van der Waals surface area (Å²) in [6.45, 7) is 1.96. The number of urea groups is 1. The van der Waals surface area contributed by atoms with E-state index in [2.05, 4.69) is 10.6 Å². The lowest BCUT2D eigenvalue weighted by molar-refractivity contribution is -0.152. The van der Waals surface area contributed by atoms with E-state index < -0.39 is 29.5 Å². The van der Waals surface area contributed by atoms with Crippen molar-refractivity contribution in [2.24, 2.45) is 5.73 Å². The lowest BCUT2D eigenvalue weighted by atomic mass is 9.90. The van der Waals surface area contributed by atoms with Crippen LogP contribution in [0.3, 0.4) is 0 Å². The zero-order valence-electron chi connectivity index (χ0n) is 10.1. The van der Waals surface area contributed by atoms with Crippen molar-refractivity contribution >= 4 is 17.9 Å². The highest BCUT2D eigenvalue weighted by Crippen LogP contribution is 2.21. The summed E-state index contributed by atoms with van der Waals surface area (Å²) in [6.07, 6.45) is 0.384. The van der Waals surface area contributed by atoms with Crippen LogP contribution < -0.4 is 16.4 Å². The molecule has 8 nitrogen and oxygen atoms in total. The first kappa shape index (κ1) is 14.2. The smallest absolute Gasteiger partial charge is 0.329 e. The van der Waals surface area contributed by atoms with Crippen LogP contribution in [0.5, 0.6) is 0 Å². The van der Waals surface area contributed by atoms with Crippen LogP contribution in [0.2, 0.25) is 0 Å². The molecule has 1 fully saturated rings. The normalized spacial score (nSPS) is 19.6. The van der Waals surface area contributed by atoms with Crippen LogP contribution in [0, 0.1) is 0 Å². The third-order valence-electron chi connectivity index (χ3n) is 2.87. The van der Waals surface area contributed by atoms with E-state index in [-0.39, 0.29) is 26.1 Å². The van der Waals surface area contributed by atoms with Crippen molar-refractivity contribution in [1.29, 1.82) is 0 Å². The first-order valence-corrected chi connectivity index (χ1v) is 5.56. The zero-order valence-corrected chi connectivity index (χ0v) is 10.1. The van der Waals surface area contributed by atoms with E-state index in [1.54, 1.807) is 0 Å². The van der Waals surface area contributed by atoms with Gasteiger partial charge in [0.1, 0.15) is 11.6 Å². The Kier molecular flexibility index (Phi) is 4.49. The summed E-state index contributed by atoms with van der Waals surface area (Å²) in [5, 5.41) is 13.9. The number of hydrogen-bond acceptors (Lipinski definition) is 4. The highest BCUT2D eigenvalue weighted by atomic mass is 16.5. The van der Waals surface area contributed by atoms with E-state index in [1.165, 1.54) is 6.92 Å². The molecule has 0 spiro atoms. The highest BCUT2D eigenvalue weighted by Gasteiger charge is 2.42. The molecule has 0 aromatic rings. The average Bonchev–Trinajstić information content (AvgIpc) is 2.29. The van der Waals surface area contributed by atoms with E-state index >= 15 is 0 Å². The fraction of sp³-hybridized carbons (Fsp3) is 0.700. The van der Waals surface area contributed by atoms with Gasteiger partial charge in [0.2, 0.25) is 5.91 Å². The van der Waals surface area contributed by atoms with Crippen LogP contribution in [0.1, 0.15) is 19.8 Å². The Labute approximate surface area is 104 Å². The molecule has 1 saturated heterocycles. The van der Waals surface area contributed by atoms with Crippen LogP contribution in [-0.2, 0) is 14.3 Å². The van der Waals surface area contributed by atoms with Gasteiger partial charge in [0.15, 0.2) is 0 Å². The molecule has 0 radical (unpaired) electrons.